The third-order valence-corrected chi connectivity index (χ3v) is 5.89. The minimum absolute atomic E-state index is 0.515. The van der Waals surface area contributed by atoms with Gasteiger partial charge in [-0.2, -0.15) is 0 Å². The van der Waals surface area contributed by atoms with E-state index in [1.807, 2.05) is 42.7 Å². The normalized spacial score (nSPS) is 11.0. The Hall–Kier alpha value is -3.64. The van der Waals surface area contributed by atoms with E-state index in [0.717, 1.165) is 64.0 Å². The smallest absolute Gasteiger partial charge is 0.137 e. The Morgan fingerprint density at radius 1 is 1.06 bits per heavy atom. The number of ether oxygens (including phenoxy) is 1. The van der Waals surface area contributed by atoms with Crippen LogP contribution < -0.4 is 10.5 Å². The van der Waals surface area contributed by atoms with Crippen molar-refractivity contribution in [2.24, 2.45) is 5.73 Å². The molecule has 0 saturated heterocycles. The highest BCUT2D eigenvalue weighted by molar-refractivity contribution is 5.99. The molecule has 6 heteroatoms. The number of nitrogens with zero attached hydrogens (tertiary/aromatic N) is 2. The zero-order valence-corrected chi connectivity index (χ0v) is 19.3. The number of hydrogen-bond acceptors (Lipinski definition) is 4. The molecule has 0 spiro atoms. The van der Waals surface area contributed by atoms with Crippen LogP contribution in [0.15, 0.2) is 67.0 Å². The lowest BCUT2D eigenvalue weighted by Gasteiger charge is -2.25. The van der Waals surface area contributed by atoms with Crippen molar-refractivity contribution in [2.45, 2.75) is 19.8 Å². The Bertz CT molecular complexity index is 1250. The Morgan fingerprint density at radius 2 is 1.91 bits per heavy atom. The summed E-state index contributed by atoms with van der Waals surface area (Å²) in [5, 5.41) is 9.79. The van der Waals surface area contributed by atoms with Crippen LogP contribution >= 0.6 is 0 Å². The van der Waals surface area contributed by atoms with E-state index in [1.54, 1.807) is 7.11 Å². The molecule has 0 unspecified atom stereocenters. The predicted octanol–water partition coefficient (Wildman–Crippen LogP) is 5.29. The van der Waals surface area contributed by atoms with E-state index < -0.39 is 0 Å². The van der Waals surface area contributed by atoms with E-state index in [1.165, 1.54) is 0 Å². The fourth-order valence-corrected chi connectivity index (χ4v) is 4.12. The summed E-state index contributed by atoms with van der Waals surface area (Å²) in [6.45, 7) is 4.22. The number of nitrogens with one attached hydrogen (secondary N) is 2. The number of aromatic nitrogens is 2. The molecule has 0 atom stereocenters. The molecule has 0 amide bonds. The first-order valence-electron chi connectivity index (χ1n) is 11.4. The van der Waals surface area contributed by atoms with Gasteiger partial charge in [-0.15, -0.1) is 0 Å². The first-order chi connectivity index (χ1) is 16.2. The molecule has 0 fully saturated rings. The fourth-order valence-electron chi connectivity index (χ4n) is 4.12. The summed E-state index contributed by atoms with van der Waals surface area (Å²) in [4.78, 5) is 10.0. The molecule has 33 heavy (non-hydrogen) atoms. The third kappa shape index (κ3) is 4.76. The standard InChI is InChI=1S/C27H31N5O/c1-3-4-13-32(14-12-28)26(29)20-9-7-8-19(15-20)21-16-23-24(18-31-27(23)30-17-21)22-10-5-6-11-25(22)33-2/h5-11,15-18,29H,3-4,12-14,28H2,1-2H3,(H,30,31). The molecule has 0 saturated carbocycles. The van der Waals surface area contributed by atoms with Gasteiger partial charge in [0.2, 0.25) is 0 Å². The number of amidine groups is 1. The van der Waals surface area contributed by atoms with Gasteiger partial charge < -0.3 is 20.4 Å². The lowest BCUT2D eigenvalue weighted by molar-refractivity contribution is 0.415. The van der Waals surface area contributed by atoms with Gasteiger partial charge in [0.05, 0.1) is 7.11 Å². The van der Waals surface area contributed by atoms with E-state index in [4.69, 9.17) is 15.9 Å². The average Bonchev–Trinajstić information content (AvgIpc) is 3.29. The first kappa shape index (κ1) is 22.6. The van der Waals surface area contributed by atoms with Crippen molar-refractivity contribution in [1.82, 2.24) is 14.9 Å². The number of fused-ring (bicyclic) bond motifs is 1. The summed E-state index contributed by atoms with van der Waals surface area (Å²) in [7, 11) is 1.69. The Labute approximate surface area is 194 Å². The molecule has 2 heterocycles. The molecule has 2 aromatic heterocycles. The minimum Gasteiger partial charge on any atom is -0.496 e. The molecule has 4 N–H and O–H groups in total. The number of nitrogens with two attached hydrogens (primary N) is 1. The lowest BCUT2D eigenvalue weighted by Crippen LogP contribution is -2.36. The van der Waals surface area contributed by atoms with Crippen molar-refractivity contribution in [3.05, 3.63) is 72.6 Å². The number of unbranched alkanes of at least 4 members (excludes halogenated alkanes) is 1. The van der Waals surface area contributed by atoms with Gasteiger partial charge in [0.1, 0.15) is 17.2 Å². The number of pyridine rings is 1. The predicted molar refractivity (Wildman–Crippen MR) is 136 cm³/mol. The maximum absolute atomic E-state index is 8.76. The van der Waals surface area contributed by atoms with Crippen LogP contribution in [-0.4, -0.2) is 47.4 Å². The topological polar surface area (TPSA) is 91.0 Å². The summed E-state index contributed by atoms with van der Waals surface area (Å²) in [5.74, 6) is 1.34. The maximum atomic E-state index is 8.76. The van der Waals surface area contributed by atoms with Gasteiger partial charge in [-0.25, -0.2) is 4.98 Å². The van der Waals surface area contributed by atoms with Crippen LogP contribution in [0.1, 0.15) is 25.3 Å². The average molecular weight is 442 g/mol. The van der Waals surface area contributed by atoms with E-state index >= 15 is 0 Å². The van der Waals surface area contributed by atoms with Gasteiger partial charge >= 0.3 is 0 Å². The molecule has 4 aromatic rings. The van der Waals surface area contributed by atoms with Crippen LogP contribution in [0.4, 0.5) is 0 Å². The largest absolute Gasteiger partial charge is 0.496 e. The molecule has 2 aromatic carbocycles. The highest BCUT2D eigenvalue weighted by Crippen LogP contribution is 2.36. The number of hydrogen-bond donors (Lipinski definition) is 3. The second-order valence-electron chi connectivity index (χ2n) is 8.08. The number of rotatable bonds is 9. The highest BCUT2D eigenvalue weighted by atomic mass is 16.5. The summed E-state index contributed by atoms with van der Waals surface area (Å²) in [6.07, 6.45) is 5.99. The zero-order valence-electron chi connectivity index (χ0n) is 19.3. The number of aromatic amines is 1. The first-order valence-corrected chi connectivity index (χ1v) is 11.4. The van der Waals surface area contributed by atoms with E-state index in [9.17, 15) is 0 Å². The quantitative estimate of drug-likeness (QED) is 0.243. The molecule has 0 aliphatic rings. The third-order valence-electron chi connectivity index (χ3n) is 5.89. The SMILES string of the molecule is CCCCN(CCN)C(=N)c1cccc(-c2cnc3[nH]cc(-c4ccccc4OC)c3c2)c1. The Morgan fingerprint density at radius 3 is 2.70 bits per heavy atom. The van der Waals surface area contributed by atoms with Crippen molar-refractivity contribution in [2.75, 3.05) is 26.7 Å². The summed E-state index contributed by atoms with van der Waals surface area (Å²) >= 11 is 0. The van der Waals surface area contributed by atoms with Crippen molar-refractivity contribution in [3.8, 4) is 28.0 Å². The number of benzene rings is 2. The van der Waals surface area contributed by atoms with Gasteiger partial charge in [-0.1, -0.05) is 49.7 Å². The molecule has 4 rings (SSSR count). The van der Waals surface area contributed by atoms with Crippen molar-refractivity contribution >= 4 is 16.9 Å². The van der Waals surface area contributed by atoms with E-state index in [2.05, 4.69) is 46.1 Å². The maximum Gasteiger partial charge on any atom is 0.137 e. The summed E-state index contributed by atoms with van der Waals surface area (Å²) < 4.78 is 5.57. The van der Waals surface area contributed by atoms with Crippen LogP contribution in [0.2, 0.25) is 0 Å². The minimum atomic E-state index is 0.515. The number of H-pyrrole nitrogens is 1. The van der Waals surface area contributed by atoms with Crippen LogP contribution in [0.5, 0.6) is 5.75 Å². The van der Waals surface area contributed by atoms with Crippen LogP contribution in [0.3, 0.4) is 0 Å². The summed E-state index contributed by atoms with van der Waals surface area (Å²) in [6, 6.07) is 18.3. The van der Waals surface area contributed by atoms with Crippen LogP contribution in [0, 0.1) is 5.41 Å². The second kappa shape index (κ2) is 10.3. The Kier molecular flexibility index (Phi) is 7.05. The molecule has 0 bridgehead atoms. The zero-order chi connectivity index (χ0) is 23.2. The molecule has 170 valence electrons. The summed E-state index contributed by atoms with van der Waals surface area (Å²) in [5.41, 5.74) is 11.6. The monoisotopic (exact) mass is 441 g/mol. The Balaban J connectivity index is 1.71. The van der Waals surface area contributed by atoms with Gasteiger partial charge in [-0.3, -0.25) is 5.41 Å². The molecule has 6 nitrogen and oxygen atoms in total. The molecular formula is C27H31N5O. The van der Waals surface area contributed by atoms with Crippen molar-refractivity contribution in [3.63, 3.8) is 0 Å². The lowest BCUT2D eigenvalue weighted by atomic mass is 10.00. The van der Waals surface area contributed by atoms with Crippen LogP contribution in [-0.2, 0) is 0 Å². The van der Waals surface area contributed by atoms with Crippen molar-refractivity contribution < 1.29 is 4.74 Å². The second-order valence-corrected chi connectivity index (χ2v) is 8.08. The fraction of sp³-hybridized carbons (Fsp3) is 0.259. The molecule has 0 aliphatic heterocycles. The van der Waals surface area contributed by atoms with Gasteiger partial charge in [-0.05, 0) is 30.2 Å². The van der Waals surface area contributed by atoms with E-state index in [-0.39, 0.29) is 0 Å². The van der Waals surface area contributed by atoms with Crippen LogP contribution in [0.25, 0.3) is 33.3 Å². The molecular weight excluding hydrogens is 410 g/mol. The number of para-hydroxylation sites is 1. The molecule has 0 radical (unpaired) electrons. The molecule has 0 aliphatic carbocycles. The van der Waals surface area contributed by atoms with E-state index in [0.29, 0.717) is 18.9 Å². The van der Waals surface area contributed by atoms with Gasteiger partial charge in [0, 0.05) is 59.7 Å². The number of methoxy groups -OCH3 is 1. The van der Waals surface area contributed by atoms with Gasteiger partial charge in [0.25, 0.3) is 0 Å². The van der Waals surface area contributed by atoms with Gasteiger partial charge in [0.15, 0.2) is 0 Å². The van der Waals surface area contributed by atoms with Crippen molar-refractivity contribution in [1.29, 1.82) is 5.41 Å². The highest BCUT2D eigenvalue weighted by Gasteiger charge is 2.14.